The summed E-state index contributed by atoms with van der Waals surface area (Å²) in [5.74, 6) is -1.06. The van der Waals surface area contributed by atoms with E-state index in [1.54, 1.807) is 13.0 Å². The Bertz CT molecular complexity index is 1470. The van der Waals surface area contributed by atoms with Gasteiger partial charge in [0.25, 0.3) is 0 Å². The maximum Gasteiger partial charge on any atom is 0.306 e. The molecule has 3 aromatic rings. The van der Waals surface area contributed by atoms with E-state index in [0.29, 0.717) is 11.5 Å². The van der Waals surface area contributed by atoms with Crippen LogP contribution >= 0.6 is 0 Å². The minimum Gasteiger partial charge on any atom is -0.481 e. The zero-order chi connectivity index (χ0) is 27.8. The van der Waals surface area contributed by atoms with Gasteiger partial charge in [-0.25, -0.2) is 4.39 Å². The van der Waals surface area contributed by atoms with Gasteiger partial charge in [-0.15, -0.1) is 0 Å². The van der Waals surface area contributed by atoms with Crippen LogP contribution in [0.3, 0.4) is 0 Å². The van der Waals surface area contributed by atoms with E-state index in [-0.39, 0.29) is 184 Å². The Balaban J connectivity index is -0.00000000117. The number of aliphatic hydroxyl groups is 2. The highest BCUT2D eigenvalue weighted by atomic mass is 19.1. The van der Waals surface area contributed by atoms with E-state index in [1.165, 1.54) is 18.6 Å². The van der Waals surface area contributed by atoms with Crippen LogP contribution in [0.5, 0.6) is 0 Å². The molecule has 6 heteroatoms. The largest absolute Gasteiger partial charge is 0.481 e. The minimum atomic E-state index is -1.55. The number of fused-ring (bicyclic) bond motifs is 1. The maximum atomic E-state index is 14.4. The van der Waals surface area contributed by atoms with Gasteiger partial charge in [0, 0.05) is 200 Å². The SMILES string of the molecule is Cc1cc2c(-c3ccc(F)c(C)c3C)c(/C=C/[C@@H](O)C[C@@](C)(O)CC(=O)O)n(C(C)C(C)C)c2cc1C.[HH].[HH].[HH].[HH].[HH].[HH].[HH].[HH].[HH].[HH].[HH].[HH].[HH].[HH].[HH].[HH].[HH].[HH].[HH].[HH].[HH].[HH].[HH].[HH].[HH].[HH].[HH].[HH].[HH].[HH].[HH].[HH].[HH].[HH].[HH].[HH].[HH].[HH].[HH].[HH].[HH].[HH].[HH].[HH].[HH].[HH].[HH].[HH].[HH].[HH].[HH].[HH].[HH].[HH].[HH].[HH].[HH].[HH].[HH].[HH].[HH].[HH].[HH].[HH].[HH].[HH].[HH].[HH].[HH].[HH].[HH].[HH].[HH].[HH].[HH].[HH].[HH].[HH].[HH].[HH].[HH].[HH].[HH].[HH].[HH].[HH].[HH].[HH].[HH].[HH].[HH].[HH].[HH].[HH].[HH].[HH].[HH].[HH].[HH].[HH].[HH].[HH].[HH].[HH].[HH].[HH].[HH].[HH].[HH].[HH].[HH].[HH].[HH].[HH].[HH].[HH]. The summed E-state index contributed by atoms with van der Waals surface area (Å²) in [6, 6.07) is 7.79. The average molecular weight is 744 g/mol. The van der Waals surface area contributed by atoms with Gasteiger partial charge < -0.3 is 19.9 Å². The topological polar surface area (TPSA) is 82.7 Å². The normalized spacial score (nSPS) is 15.5. The second kappa shape index (κ2) is 10.8. The Morgan fingerprint density at radius 1 is 1.11 bits per heavy atom. The molecule has 0 radical (unpaired) electrons. The molecule has 0 bridgehead atoms. The molecule has 0 amide bonds. The molecule has 3 rings (SSSR count). The highest BCUT2D eigenvalue weighted by Gasteiger charge is 2.28. The zero-order valence-electron chi connectivity index (χ0n) is 23.2. The summed E-state index contributed by atoms with van der Waals surface area (Å²) in [6.07, 6.45) is 1.85. The smallest absolute Gasteiger partial charge is 0.306 e. The second-order valence-corrected chi connectivity index (χ2v) is 11.1. The van der Waals surface area contributed by atoms with E-state index < -0.39 is 24.1 Å². The van der Waals surface area contributed by atoms with Crippen LogP contribution in [0.25, 0.3) is 28.1 Å². The fraction of sp³-hybridized carbons (Fsp3) is 0.452. The molecule has 0 saturated heterocycles. The molecule has 1 heterocycles. The summed E-state index contributed by atoms with van der Waals surface area (Å²) in [7, 11) is 0. The Labute approximate surface area is 391 Å². The molecule has 1 aromatic heterocycles. The van der Waals surface area contributed by atoms with Crippen molar-refractivity contribution in [2.45, 2.75) is 86.0 Å². The van der Waals surface area contributed by atoms with Gasteiger partial charge in [-0.3, -0.25) is 4.79 Å². The number of carboxylic acids is 1. The standard InChI is InChI=1S/C31H40FNO4.116H2/c1-17(2)22(7)33-27(12-9-23(34)15-31(8,37)16-29(35)36)30(24-10-11-26(32)21(6)20(24)5)25-13-18(3)19(4)14-28(25)33;;;;;;;;;;;;;;;;;;;;;;;;;;;;;;;;;;;;;;;;;;;;;;;;;;;;;;;;;;;;;;;;;;;;;;;;;;;;;;;;;;;;;;;;;;;;;;;;;;;;;;;;;;;;;;;;;;;;/h9-14,17,22-23,34,37H,15-16H2,1-8H3,(H,35,36);116*1H/b12-9+;;;;;;;;;;;;;;;;;;;;;;;;;;;;;;;;;;;;;;;;;;;;;;;;;;;;;;;;;;;;;;;;;;;;;;;;;;;;;;;;;;;;;;;;;;;;;;;;;;;;;;;;;;;;;;;;;;;;/t22?,23-,31-;;;;;;;;;;;;;;;;;;;;;;;;;;;;;;;;;;;;;;;;;;;;;;;;;;;;;;;;;;;;;;;;;;;;;;;;;;;;;;;;;;;;;;;;;;;;;;;;;;;;;;;;;;;;;;;;;;;;/m1..................................................................................................................../s1. The molecule has 2 aromatic carbocycles. The van der Waals surface area contributed by atoms with Crippen molar-refractivity contribution in [3.05, 3.63) is 64.1 Å². The third-order valence-electron chi connectivity index (χ3n) is 7.68. The van der Waals surface area contributed by atoms with Crippen LogP contribution in [0.15, 0.2) is 30.3 Å². The van der Waals surface area contributed by atoms with Crippen LogP contribution < -0.4 is 0 Å². The number of aliphatic carboxylic acids is 1. The maximum absolute atomic E-state index is 14.4. The van der Waals surface area contributed by atoms with Crippen LogP contribution in [0.2, 0.25) is 0 Å². The molecule has 0 fully saturated rings. The lowest BCUT2D eigenvalue weighted by Gasteiger charge is -2.24. The first kappa shape index (κ1) is 28.6. The molecule has 37 heavy (non-hydrogen) atoms. The number of hydrogen-bond donors (Lipinski definition) is 3. The van der Waals surface area contributed by atoms with Crippen molar-refractivity contribution < 1.29 is 190 Å². The summed E-state index contributed by atoms with van der Waals surface area (Å²) in [4.78, 5) is 11.1. The highest BCUT2D eigenvalue weighted by molar-refractivity contribution is 6.02. The van der Waals surface area contributed by atoms with E-state index in [4.69, 9.17) is 5.11 Å². The molecular weight excluding hydrogens is 469 g/mol. The van der Waals surface area contributed by atoms with Crippen LogP contribution in [0, 0.1) is 39.4 Å². The highest BCUT2D eigenvalue weighted by Crippen LogP contribution is 2.42. The Morgan fingerprint density at radius 3 is 2.32 bits per heavy atom. The predicted molar refractivity (Wildman–Crippen MR) is 394 cm³/mol. The monoisotopic (exact) mass is 743 g/mol. The molecule has 3 atom stereocenters. The van der Waals surface area contributed by atoms with Crippen molar-refractivity contribution in [1.82, 2.24) is 4.57 Å². The summed E-state index contributed by atoms with van der Waals surface area (Å²) >= 11 is 0. The lowest BCUT2D eigenvalue weighted by Crippen LogP contribution is -2.32. The first-order chi connectivity index (χ1) is 17.1. The molecule has 1 unspecified atom stereocenters. The van der Waals surface area contributed by atoms with Gasteiger partial charge in [-0.05, 0) is 99.6 Å². The van der Waals surface area contributed by atoms with Crippen molar-refractivity contribution in [1.29, 1.82) is 0 Å². The molecule has 0 saturated carbocycles. The molecule has 5 nitrogen and oxygen atoms in total. The van der Waals surface area contributed by atoms with Crippen molar-refractivity contribution >= 4 is 22.9 Å². The molecule has 432 valence electrons. The van der Waals surface area contributed by atoms with E-state index >= 15 is 0 Å². The van der Waals surface area contributed by atoms with Crippen molar-refractivity contribution in [3.8, 4) is 11.1 Å². The number of nitrogens with zero attached hydrogens (tertiary/aromatic N) is 1. The zero-order valence-corrected chi connectivity index (χ0v) is 23.2. The Morgan fingerprint density at radius 2 is 1.73 bits per heavy atom. The summed E-state index contributed by atoms with van der Waals surface area (Å²) < 4.78 is 16.7. The van der Waals surface area contributed by atoms with Crippen molar-refractivity contribution in [3.63, 3.8) is 0 Å². The summed E-state index contributed by atoms with van der Waals surface area (Å²) in [5.41, 5.74) is 6.06. The quantitative estimate of drug-likeness (QED) is 0.204. The molecule has 3 N–H and O–H groups in total. The fourth-order valence-corrected chi connectivity index (χ4v) is 4.95. The number of aromatic nitrogens is 1. The van der Waals surface area contributed by atoms with Gasteiger partial charge in [0.2, 0.25) is 0 Å². The number of aryl methyl sites for hydroxylation is 2. The average Bonchev–Trinajstić information content (AvgIpc) is 3.07. The first-order valence-electron chi connectivity index (χ1n) is 12.9. The first-order valence-corrected chi connectivity index (χ1v) is 12.9. The number of rotatable bonds is 9. The summed E-state index contributed by atoms with van der Waals surface area (Å²) in [6.45, 7) is 15.8. The number of benzene rings is 2. The van der Waals surface area contributed by atoms with Crippen LogP contribution in [0.4, 0.5) is 4.39 Å². The molecule has 0 aliphatic heterocycles. The number of carboxylic acid groups (broad SMARTS) is 1. The predicted octanol–water partition coefficient (Wildman–Crippen LogP) is 35.4. The van der Waals surface area contributed by atoms with Crippen molar-refractivity contribution in [2.24, 2.45) is 5.92 Å². The fourth-order valence-electron chi connectivity index (χ4n) is 4.95. The molecular formula is C31H272FNO4. The van der Waals surface area contributed by atoms with Crippen LogP contribution in [-0.2, 0) is 4.79 Å². The second-order valence-electron chi connectivity index (χ2n) is 11.1. The van der Waals surface area contributed by atoms with Crippen LogP contribution in [-0.4, -0.2) is 37.6 Å². The lowest BCUT2D eigenvalue weighted by molar-refractivity contribution is -0.142. The molecule has 0 spiro atoms. The van der Waals surface area contributed by atoms with E-state index in [0.717, 1.165) is 38.9 Å². The molecule has 0 aliphatic rings. The van der Waals surface area contributed by atoms with Crippen molar-refractivity contribution in [2.75, 3.05) is 0 Å². The Kier molecular flexibility index (Phi) is 8.35. The minimum absolute atomic E-state index is 0. The summed E-state index contributed by atoms with van der Waals surface area (Å²) in [5, 5.41) is 31.4. The Hall–Kier alpha value is -2.96. The van der Waals surface area contributed by atoms with E-state index in [9.17, 15) is 19.4 Å². The van der Waals surface area contributed by atoms with Gasteiger partial charge >= 0.3 is 5.97 Å². The lowest BCUT2D eigenvalue weighted by atomic mass is 9.92. The molecule has 0 aliphatic carbocycles. The number of aliphatic hydroxyl groups excluding tert-OH is 1. The van der Waals surface area contributed by atoms with Gasteiger partial charge in [0.1, 0.15) is 5.82 Å². The third kappa shape index (κ3) is 5.97. The van der Waals surface area contributed by atoms with Gasteiger partial charge in [0.15, 0.2) is 0 Å². The van der Waals surface area contributed by atoms with Gasteiger partial charge in [-0.2, -0.15) is 0 Å². The number of carbonyl (C=O) groups is 1. The van der Waals surface area contributed by atoms with E-state index in [2.05, 4.69) is 51.3 Å². The van der Waals surface area contributed by atoms with E-state index in [1.807, 2.05) is 19.1 Å². The number of halogens is 1. The van der Waals surface area contributed by atoms with Gasteiger partial charge in [0.05, 0.1) is 18.1 Å². The van der Waals surface area contributed by atoms with Gasteiger partial charge in [-0.1, -0.05) is 26.0 Å². The third-order valence-corrected chi connectivity index (χ3v) is 7.68. The van der Waals surface area contributed by atoms with Crippen LogP contribution in [0.1, 0.15) is 240 Å². The number of hydrogen-bond acceptors (Lipinski definition) is 3.